The number of methoxy groups -OCH3 is 1. The van der Waals surface area contributed by atoms with Crippen LogP contribution in [0.1, 0.15) is 15.9 Å². The Morgan fingerprint density at radius 1 is 1.16 bits per heavy atom. The molecule has 0 saturated heterocycles. The number of anilines is 1. The first-order valence-electron chi connectivity index (χ1n) is 5.47. The first-order valence-corrected chi connectivity index (χ1v) is 6.22. The van der Waals surface area contributed by atoms with Crippen LogP contribution in [0.15, 0.2) is 36.4 Å². The minimum Gasteiger partial charge on any atom is -0.496 e. The topological polar surface area (TPSA) is 52.3 Å². The fraction of sp³-hybridized carbons (Fsp3) is 0.0714. The third-order valence-electron chi connectivity index (χ3n) is 2.70. The smallest absolute Gasteiger partial charge is 0.198 e. The highest BCUT2D eigenvalue weighted by molar-refractivity contribution is 6.34. The number of rotatable bonds is 3. The summed E-state index contributed by atoms with van der Waals surface area (Å²) in [6.45, 7) is 0. The highest BCUT2D eigenvalue weighted by atomic mass is 35.5. The van der Waals surface area contributed by atoms with Crippen molar-refractivity contribution < 1.29 is 9.53 Å². The second-order valence-electron chi connectivity index (χ2n) is 3.87. The maximum atomic E-state index is 12.5. The predicted octanol–water partition coefficient (Wildman–Crippen LogP) is 3.82. The lowest BCUT2D eigenvalue weighted by Gasteiger charge is -2.10. The Labute approximate surface area is 120 Å². The first kappa shape index (κ1) is 13.7. The quantitative estimate of drug-likeness (QED) is 0.692. The van der Waals surface area contributed by atoms with E-state index in [0.717, 1.165) is 0 Å². The third kappa shape index (κ3) is 2.67. The average Bonchev–Trinajstić information content (AvgIpc) is 2.41. The van der Waals surface area contributed by atoms with E-state index in [9.17, 15) is 4.79 Å². The summed E-state index contributed by atoms with van der Waals surface area (Å²) in [5, 5.41) is 0.789. The molecule has 0 atom stereocenters. The van der Waals surface area contributed by atoms with E-state index in [1.165, 1.54) is 7.11 Å². The molecule has 0 aliphatic rings. The summed E-state index contributed by atoms with van der Waals surface area (Å²) in [5.74, 6) is 0.160. The highest BCUT2D eigenvalue weighted by Gasteiger charge is 2.18. The molecule has 0 amide bonds. The Morgan fingerprint density at radius 2 is 1.89 bits per heavy atom. The van der Waals surface area contributed by atoms with Crippen LogP contribution in [0.3, 0.4) is 0 Å². The molecule has 3 nitrogen and oxygen atoms in total. The summed E-state index contributed by atoms with van der Waals surface area (Å²) < 4.78 is 5.16. The van der Waals surface area contributed by atoms with Crippen molar-refractivity contribution in [2.24, 2.45) is 0 Å². The molecular formula is C14H11Cl2NO2. The van der Waals surface area contributed by atoms with Crippen molar-refractivity contribution in [2.45, 2.75) is 0 Å². The van der Waals surface area contributed by atoms with Crippen LogP contribution < -0.4 is 10.5 Å². The van der Waals surface area contributed by atoms with Crippen LogP contribution in [0.5, 0.6) is 5.75 Å². The van der Waals surface area contributed by atoms with Crippen LogP contribution in [0, 0.1) is 0 Å². The molecule has 2 N–H and O–H groups in total. The van der Waals surface area contributed by atoms with Crippen LogP contribution in [0.4, 0.5) is 5.69 Å². The van der Waals surface area contributed by atoms with Crippen molar-refractivity contribution in [2.75, 3.05) is 12.8 Å². The minimum absolute atomic E-state index is 0.246. The van der Waals surface area contributed by atoms with Gasteiger partial charge in [-0.2, -0.15) is 0 Å². The van der Waals surface area contributed by atoms with E-state index in [2.05, 4.69) is 0 Å². The molecule has 0 spiro atoms. The van der Waals surface area contributed by atoms with Gasteiger partial charge < -0.3 is 10.5 Å². The lowest BCUT2D eigenvalue weighted by atomic mass is 10.0. The second-order valence-corrected chi connectivity index (χ2v) is 4.72. The van der Waals surface area contributed by atoms with Crippen LogP contribution >= 0.6 is 23.2 Å². The SMILES string of the molecule is COc1ccc(Cl)cc1C(=O)c1cccc(Cl)c1N. The molecular weight excluding hydrogens is 285 g/mol. The van der Waals surface area contributed by atoms with E-state index in [1.54, 1.807) is 36.4 Å². The number of hydrogen-bond donors (Lipinski definition) is 1. The van der Waals surface area contributed by atoms with Gasteiger partial charge in [0, 0.05) is 10.6 Å². The first-order chi connectivity index (χ1) is 9.04. The van der Waals surface area contributed by atoms with E-state index < -0.39 is 0 Å². The molecule has 0 aliphatic carbocycles. The number of carbonyl (C=O) groups is 1. The van der Waals surface area contributed by atoms with E-state index in [4.69, 9.17) is 33.7 Å². The molecule has 2 aromatic rings. The molecule has 5 heteroatoms. The van der Waals surface area contributed by atoms with Crippen molar-refractivity contribution >= 4 is 34.7 Å². The van der Waals surface area contributed by atoms with Crippen molar-refractivity contribution in [1.82, 2.24) is 0 Å². The lowest BCUT2D eigenvalue weighted by Crippen LogP contribution is -2.07. The number of benzene rings is 2. The molecule has 0 unspecified atom stereocenters. The van der Waals surface area contributed by atoms with Gasteiger partial charge >= 0.3 is 0 Å². The normalized spacial score (nSPS) is 10.3. The molecule has 0 bridgehead atoms. The maximum Gasteiger partial charge on any atom is 0.198 e. The Bertz CT molecular complexity index is 641. The summed E-state index contributed by atoms with van der Waals surface area (Å²) in [5.41, 5.74) is 6.75. The molecule has 0 aromatic heterocycles. The molecule has 2 aromatic carbocycles. The summed E-state index contributed by atoms with van der Waals surface area (Å²) in [4.78, 5) is 12.5. The van der Waals surface area contributed by atoms with Gasteiger partial charge in [0.05, 0.1) is 23.4 Å². The second kappa shape index (κ2) is 5.51. The van der Waals surface area contributed by atoms with Gasteiger partial charge in [0.2, 0.25) is 0 Å². The fourth-order valence-electron chi connectivity index (χ4n) is 1.74. The molecule has 0 heterocycles. The van der Waals surface area contributed by atoms with Gasteiger partial charge in [0.25, 0.3) is 0 Å². The van der Waals surface area contributed by atoms with Crippen molar-refractivity contribution in [3.8, 4) is 5.75 Å². The van der Waals surface area contributed by atoms with E-state index in [-0.39, 0.29) is 11.5 Å². The van der Waals surface area contributed by atoms with Gasteiger partial charge in [-0.15, -0.1) is 0 Å². The van der Waals surface area contributed by atoms with Crippen LogP contribution in [-0.4, -0.2) is 12.9 Å². The zero-order valence-electron chi connectivity index (χ0n) is 10.1. The average molecular weight is 296 g/mol. The Morgan fingerprint density at radius 3 is 2.58 bits per heavy atom. The molecule has 2 rings (SSSR count). The van der Waals surface area contributed by atoms with Gasteiger partial charge in [-0.05, 0) is 30.3 Å². The maximum absolute atomic E-state index is 12.5. The van der Waals surface area contributed by atoms with Gasteiger partial charge in [-0.25, -0.2) is 0 Å². The van der Waals surface area contributed by atoms with Crippen LogP contribution in [-0.2, 0) is 0 Å². The fourth-order valence-corrected chi connectivity index (χ4v) is 2.08. The molecule has 0 radical (unpaired) electrons. The van der Waals surface area contributed by atoms with Crippen LogP contribution in [0.2, 0.25) is 10.0 Å². The van der Waals surface area contributed by atoms with Gasteiger partial charge in [0.1, 0.15) is 5.75 Å². The van der Waals surface area contributed by atoms with E-state index >= 15 is 0 Å². The van der Waals surface area contributed by atoms with Gasteiger partial charge in [-0.1, -0.05) is 29.3 Å². The minimum atomic E-state index is -0.278. The Kier molecular flexibility index (Phi) is 3.98. The highest BCUT2D eigenvalue weighted by Crippen LogP contribution is 2.29. The summed E-state index contributed by atoms with van der Waals surface area (Å²) in [7, 11) is 1.49. The number of ether oxygens (including phenoxy) is 1. The van der Waals surface area contributed by atoms with E-state index in [1.807, 2.05) is 0 Å². The van der Waals surface area contributed by atoms with Crippen LogP contribution in [0.25, 0.3) is 0 Å². The summed E-state index contributed by atoms with van der Waals surface area (Å²) in [6.07, 6.45) is 0. The summed E-state index contributed by atoms with van der Waals surface area (Å²) in [6, 6.07) is 9.74. The third-order valence-corrected chi connectivity index (χ3v) is 3.27. The number of hydrogen-bond acceptors (Lipinski definition) is 3. The molecule has 0 saturated carbocycles. The monoisotopic (exact) mass is 295 g/mol. The molecule has 0 fully saturated rings. The van der Waals surface area contributed by atoms with Gasteiger partial charge in [-0.3, -0.25) is 4.79 Å². The molecule has 0 aliphatic heterocycles. The Balaban J connectivity index is 2.56. The number of ketones is 1. The number of nitrogen functional groups attached to an aromatic ring is 1. The molecule has 19 heavy (non-hydrogen) atoms. The number of para-hydroxylation sites is 1. The molecule has 98 valence electrons. The number of nitrogens with two attached hydrogens (primary N) is 1. The van der Waals surface area contributed by atoms with E-state index in [0.29, 0.717) is 26.9 Å². The predicted molar refractivity (Wildman–Crippen MR) is 77.3 cm³/mol. The zero-order valence-corrected chi connectivity index (χ0v) is 11.6. The number of halogens is 2. The number of carbonyl (C=O) groups excluding carboxylic acids is 1. The van der Waals surface area contributed by atoms with Gasteiger partial charge in [0.15, 0.2) is 5.78 Å². The zero-order chi connectivity index (χ0) is 14.0. The summed E-state index contributed by atoms with van der Waals surface area (Å²) >= 11 is 11.8. The lowest BCUT2D eigenvalue weighted by molar-refractivity contribution is 0.103. The standard InChI is InChI=1S/C14H11Cl2NO2/c1-19-12-6-5-8(15)7-10(12)14(18)9-3-2-4-11(16)13(9)17/h2-7H,17H2,1H3. The largest absolute Gasteiger partial charge is 0.496 e. The van der Waals surface area contributed by atoms with Crippen molar-refractivity contribution in [3.05, 3.63) is 57.6 Å². The van der Waals surface area contributed by atoms with Crippen molar-refractivity contribution in [3.63, 3.8) is 0 Å². The Hall–Kier alpha value is -1.71. The van der Waals surface area contributed by atoms with Crippen molar-refractivity contribution in [1.29, 1.82) is 0 Å².